The van der Waals surface area contributed by atoms with Gasteiger partial charge >= 0.3 is 0 Å². The van der Waals surface area contributed by atoms with Crippen LogP contribution in [0.25, 0.3) is 0 Å². The van der Waals surface area contributed by atoms with Gasteiger partial charge in [0, 0.05) is 19.6 Å². The lowest BCUT2D eigenvalue weighted by Gasteiger charge is -2.22. The fourth-order valence-corrected chi connectivity index (χ4v) is 1.45. The number of hydrogen-bond donors (Lipinski definition) is 1. The van der Waals surface area contributed by atoms with E-state index in [9.17, 15) is 8.42 Å². The molecule has 0 aromatic heterocycles. The molecule has 0 amide bonds. The van der Waals surface area contributed by atoms with Crippen LogP contribution in [0.2, 0.25) is 0 Å². The first kappa shape index (κ1) is 7.71. The molecule has 1 saturated heterocycles. The summed E-state index contributed by atoms with van der Waals surface area (Å²) in [6.07, 6.45) is 0. The minimum absolute atomic E-state index is 0.450. The van der Waals surface area contributed by atoms with Crippen LogP contribution in [0.5, 0.6) is 0 Å². The third kappa shape index (κ3) is 1.56. The Kier molecular flexibility index (Phi) is 2.42. The van der Waals surface area contributed by atoms with Crippen molar-refractivity contribution < 1.29 is 8.42 Å². The van der Waals surface area contributed by atoms with E-state index in [-0.39, 0.29) is 0 Å². The summed E-state index contributed by atoms with van der Waals surface area (Å²) in [5.41, 5.74) is 0. The van der Waals surface area contributed by atoms with Gasteiger partial charge in [-0.15, -0.1) is 0 Å². The van der Waals surface area contributed by atoms with Gasteiger partial charge in [-0.1, -0.05) is 0 Å². The third-order valence-corrected chi connectivity index (χ3v) is 2.36. The van der Waals surface area contributed by atoms with Gasteiger partial charge in [0.1, 0.15) is 4.99 Å². The molecule has 0 aromatic rings. The van der Waals surface area contributed by atoms with Gasteiger partial charge in [0.2, 0.25) is 10.3 Å². The molecule has 0 saturated carbocycles. The topological polar surface area (TPSA) is 49.4 Å². The number of rotatable bonds is 0. The van der Waals surface area contributed by atoms with Gasteiger partial charge in [0.15, 0.2) is 0 Å². The molecule has 0 aliphatic carbocycles. The first-order chi connectivity index (χ1) is 4.72. The molecule has 1 N–H and O–H groups in total. The van der Waals surface area contributed by atoms with Crippen molar-refractivity contribution in [2.45, 2.75) is 0 Å². The first-order valence-electron chi connectivity index (χ1n) is 3.09. The molecule has 10 heavy (non-hydrogen) atoms. The lowest BCUT2D eigenvalue weighted by atomic mass is 10.4. The molecule has 4 nitrogen and oxygen atoms in total. The summed E-state index contributed by atoms with van der Waals surface area (Å²) in [5.74, 6) is 0. The Balaban J connectivity index is 2.86. The zero-order valence-electron chi connectivity index (χ0n) is 5.79. The number of nitrogens with zero attached hydrogens (tertiary/aromatic N) is 1. The second-order valence-corrected chi connectivity index (χ2v) is 3.17. The fraction of sp³-hybridized carbons (Fsp3) is 0.800. The zero-order valence-corrected chi connectivity index (χ0v) is 6.61. The second kappa shape index (κ2) is 3.14. The van der Waals surface area contributed by atoms with Crippen molar-refractivity contribution in [1.82, 2.24) is 10.2 Å². The minimum Gasteiger partial charge on any atom is -0.309 e. The summed E-state index contributed by atoms with van der Waals surface area (Å²) in [4.78, 5) is 2.20. The van der Waals surface area contributed by atoms with Crippen molar-refractivity contribution in [3.63, 3.8) is 0 Å². The lowest BCUT2D eigenvalue weighted by molar-refractivity contribution is 0.453. The molecule has 0 bridgehead atoms. The monoisotopic (exact) mass is 162 g/mol. The van der Waals surface area contributed by atoms with E-state index in [4.69, 9.17) is 0 Å². The van der Waals surface area contributed by atoms with E-state index in [1.54, 1.807) is 11.9 Å². The van der Waals surface area contributed by atoms with Crippen LogP contribution in [0, 0.1) is 0 Å². The Bertz CT molecular complexity index is 236. The molecule has 0 aromatic carbocycles. The summed E-state index contributed by atoms with van der Waals surface area (Å²) in [7, 11) is -0.268. The normalized spacial score (nSPS) is 21.1. The number of piperazine rings is 1. The Labute approximate surface area is 61.4 Å². The average molecular weight is 162 g/mol. The van der Waals surface area contributed by atoms with Gasteiger partial charge in [-0.2, -0.15) is 8.42 Å². The zero-order chi connectivity index (χ0) is 7.56. The predicted molar refractivity (Wildman–Crippen MR) is 39.4 cm³/mol. The minimum atomic E-state index is -2.05. The number of likely N-dealkylation sites (N-methyl/N-ethyl adjacent to an activating group) is 1. The van der Waals surface area contributed by atoms with E-state index in [1.807, 2.05) is 0 Å². The smallest absolute Gasteiger partial charge is 0.229 e. The van der Waals surface area contributed by atoms with Crippen molar-refractivity contribution in [2.24, 2.45) is 0 Å². The summed E-state index contributed by atoms with van der Waals surface area (Å²) in [6.45, 7) is 2.09. The van der Waals surface area contributed by atoms with Crippen LogP contribution in [0.1, 0.15) is 0 Å². The first-order valence-corrected chi connectivity index (χ1v) is 4.16. The Morgan fingerprint density at radius 2 is 2.30 bits per heavy atom. The molecule has 1 rings (SSSR count). The van der Waals surface area contributed by atoms with Crippen molar-refractivity contribution in [2.75, 3.05) is 26.7 Å². The van der Waals surface area contributed by atoms with Crippen LogP contribution in [0.15, 0.2) is 0 Å². The maximum atomic E-state index is 10.4. The molecule has 0 unspecified atom stereocenters. The summed E-state index contributed by atoms with van der Waals surface area (Å²) in [6, 6.07) is 0. The molecule has 58 valence electrons. The maximum Gasteiger partial charge on any atom is 0.229 e. The largest absolute Gasteiger partial charge is 0.309 e. The highest BCUT2D eigenvalue weighted by Gasteiger charge is 2.12. The highest BCUT2D eigenvalue weighted by molar-refractivity contribution is 7.72. The van der Waals surface area contributed by atoms with E-state index in [2.05, 4.69) is 5.32 Å². The molecule has 5 heteroatoms. The maximum absolute atomic E-state index is 10.4. The molecule has 1 fully saturated rings. The van der Waals surface area contributed by atoms with Crippen molar-refractivity contribution in [1.29, 1.82) is 0 Å². The Hall–Kier alpha value is -0.390. The molecule has 0 radical (unpaired) electrons. The summed E-state index contributed by atoms with van der Waals surface area (Å²) < 4.78 is 20.9. The van der Waals surface area contributed by atoms with Crippen LogP contribution in [-0.2, 0) is 10.3 Å². The van der Waals surface area contributed by atoms with Crippen LogP contribution < -0.4 is 5.32 Å². The highest BCUT2D eigenvalue weighted by atomic mass is 32.2. The number of hydrogen-bond acceptors (Lipinski definition) is 3. The third-order valence-electron chi connectivity index (χ3n) is 1.52. The second-order valence-electron chi connectivity index (χ2n) is 2.23. The quantitative estimate of drug-likeness (QED) is 0.442. The predicted octanol–water partition coefficient (Wildman–Crippen LogP) is -1.47. The molecule has 0 spiro atoms. The van der Waals surface area contributed by atoms with Gasteiger partial charge in [0.05, 0.1) is 0 Å². The van der Waals surface area contributed by atoms with Gasteiger partial charge in [-0.25, -0.2) is 0 Å². The van der Waals surface area contributed by atoms with E-state index < -0.39 is 10.3 Å². The van der Waals surface area contributed by atoms with E-state index in [0.29, 0.717) is 11.5 Å². The Morgan fingerprint density at radius 3 is 2.70 bits per heavy atom. The molecule has 1 aliphatic heterocycles. The number of nitrogens with one attached hydrogen (secondary N) is 1. The SMILES string of the molecule is CN1CCNCC1=S(=O)=O. The van der Waals surface area contributed by atoms with Gasteiger partial charge < -0.3 is 5.32 Å². The molecule has 1 heterocycles. The van der Waals surface area contributed by atoms with E-state index >= 15 is 0 Å². The Morgan fingerprint density at radius 1 is 1.60 bits per heavy atom. The van der Waals surface area contributed by atoms with Crippen LogP contribution in [-0.4, -0.2) is 45.0 Å². The average Bonchev–Trinajstić information content (AvgIpc) is 1.88. The van der Waals surface area contributed by atoms with Gasteiger partial charge in [0.25, 0.3) is 0 Å². The van der Waals surface area contributed by atoms with Crippen molar-refractivity contribution in [3.8, 4) is 0 Å². The standard InChI is InChI=1S/C5H10N2O2S/c1-7-3-2-6-4-5(7)10(8)9/h6H,2-4H2,1H3. The van der Waals surface area contributed by atoms with E-state index in [0.717, 1.165) is 13.1 Å². The van der Waals surface area contributed by atoms with Crippen molar-refractivity contribution >= 4 is 15.3 Å². The van der Waals surface area contributed by atoms with E-state index in [1.165, 1.54) is 0 Å². The summed E-state index contributed by atoms with van der Waals surface area (Å²) in [5, 5.41) is 2.97. The fourth-order valence-electron chi connectivity index (χ4n) is 0.888. The van der Waals surface area contributed by atoms with Crippen LogP contribution in [0.4, 0.5) is 0 Å². The van der Waals surface area contributed by atoms with Gasteiger partial charge in [-0.05, 0) is 7.05 Å². The molecule has 1 aliphatic rings. The van der Waals surface area contributed by atoms with Gasteiger partial charge in [-0.3, -0.25) is 4.90 Å². The lowest BCUT2D eigenvalue weighted by Crippen LogP contribution is -2.46. The van der Waals surface area contributed by atoms with Crippen LogP contribution in [0.3, 0.4) is 0 Å². The van der Waals surface area contributed by atoms with Crippen LogP contribution >= 0.6 is 0 Å². The van der Waals surface area contributed by atoms with Crippen molar-refractivity contribution in [3.05, 3.63) is 0 Å². The molecular formula is C5H10N2O2S. The highest BCUT2D eigenvalue weighted by Crippen LogP contribution is 1.88. The molecular weight excluding hydrogens is 152 g/mol. The summed E-state index contributed by atoms with van der Waals surface area (Å²) >= 11 is 0. The molecule has 0 atom stereocenters.